The first-order chi connectivity index (χ1) is 13.5. The van der Waals surface area contributed by atoms with Crippen LogP contribution < -0.4 is 10.2 Å². The van der Waals surface area contributed by atoms with Gasteiger partial charge in [0, 0.05) is 29.9 Å². The van der Waals surface area contributed by atoms with E-state index >= 15 is 0 Å². The Morgan fingerprint density at radius 1 is 1.25 bits per heavy atom. The summed E-state index contributed by atoms with van der Waals surface area (Å²) in [5.41, 5.74) is 1.36. The zero-order chi connectivity index (χ0) is 19.7. The number of anilines is 1. The lowest BCUT2D eigenvalue weighted by Crippen LogP contribution is -2.45. The number of hydrogen-bond donors (Lipinski definition) is 1. The normalized spacial score (nSPS) is 24.5. The third-order valence-electron chi connectivity index (χ3n) is 5.07. The Labute approximate surface area is 168 Å². The van der Waals surface area contributed by atoms with Gasteiger partial charge in [-0.3, -0.25) is 4.79 Å². The minimum atomic E-state index is -0.277. The molecule has 0 saturated carbocycles. The third kappa shape index (κ3) is 4.15. The molecule has 0 radical (unpaired) electrons. The molecule has 3 atom stereocenters. The first kappa shape index (κ1) is 19.2. The maximum Gasteiger partial charge on any atom is 0.253 e. The summed E-state index contributed by atoms with van der Waals surface area (Å²) in [7, 11) is 0. The molecule has 5 nitrogen and oxygen atoms in total. The minimum Gasteiger partial charge on any atom is -0.372 e. The van der Waals surface area contributed by atoms with Gasteiger partial charge in [-0.2, -0.15) is 0 Å². The lowest BCUT2D eigenvalue weighted by Gasteiger charge is -2.36. The molecule has 7 heteroatoms. The molecular weight excluding hydrogens is 377 g/mol. The molecule has 2 aromatic rings. The smallest absolute Gasteiger partial charge is 0.253 e. The Kier molecular flexibility index (Phi) is 5.55. The van der Waals surface area contributed by atoms with Crippen molar-refractivity contribution in [2.45, 2.75) is 43.4 Å². The lowest BCUT2D eigenvalue weighted by molar-refractivity contribution is -0.00546. The highest BCUT2D eigenvalue weighted by Gasteiger charge is 2.25. The summed E-state index contributed by atoms with van der Waals surface area (Å²) in [4.78, 5) is 20.4. The number of aromatic nitrogens is 1. The second kappa shape index (κ2) is 8.09. The number of carbonyl (C=O) groups is 1. The Bertz CT molecular complexity index is 851. The average Bonchev–Trinajstić information content (AvgIpc) is 2.68. The fraction of sp³-hybridized carbons (Fsp3) is 0.429. The maximum atomic E-state index is 13.7. The molecule has 1 N–H and O–H groups in total. The highest BCUT2D eigenvalue weighted by atomic mass is 32.2. The van der Waals surface area contributed by atoms with Gasteiger partial charge in [-0.05, 0) is 56.2 Å². The number of morpholine rings is 1. The molecule has 1 aromatic carbocycles. The Hall–Kier alpha value is -2.12. The topological polar surface area (TPSA) is 54.5 Å². The molecule has 1 aromatic heterocycles. The predicted octanol–water partition coefficient (Wildman–Crippen LogP) is 3.80. The van der Waals surface area contributed by atoms with Crippen LogP contribution >= 0.6 is 11.8 Å². The molecule has 0 spiro atoms. The van der Waals surface area contributed by atoms with Crippen LogP contribution in [-0.2, 0) is 4.74 Å². The van der Waals surface area contributed by atoms with Crippen molar-refractivity contribution in [1.82, 2.24) is 10.3 Å². The van der Waals surface area contributed by atoms with Crippen molar-refractivity contribution in [3.8, 4) is 0 Å². The Morgan fingerprint density at radius 2 is 2.04 bits per heavy atom. The van der Waals surface area contributed by atoms with Crippen molar-refractivity contribution in [3.63, 3.8) is 0 Å². The molecule has 0 aliphatic carbocycles. The SMILES string of the molecule is CC1CN(c2ccc(C(=O)NC3CCSc4ccc(F)cc43)cn2)CC(C)O1. The fourth-order valence-corrected chi connectivity index (χ4v) is 4.93. The number of rotatable bonds is 3. The van der Waals surface area contributed by atoms with Gasteiger partial charge in [-0.15, -0.1) is 11.8 Å². The minimum absolute atomic E-state index is 0.151. The molecule has 2 aliphatic rings. The summed E-state index contributed by atoms with van der Waals surface area (Å²) in [6.07, 6.45) is 2.69. The van der Waals surface area contributed by atoms with E-state index in [0.717, 1.165) is 41.5 Å². The van der Waals surface area contributed by atoms with Crippen molar-refractivity contribution in [2.24, 2.45) is 0 Å². The average molecular weight is 402 g/mol. The third-order valence-corrected chi connectivity index (χ3v) is 6.19. The number of fused-ring (bicyclic) bond motifs is 1. The number of carbonyl (C=O) groups excluding carboxylic acids is 1. The molecule has 1 saturated heterocycles. The lowest BCUT2D eigenvalue weighted by atomic mass is 10.0. The quantitative estimate of drug-likeness (QED) is 0.848. The van der Waals surface area contributed by atoms with Gasteiger partial charge in [0.1, 0.15) is 11.6 Å². The van der Waals surface area contributed by atoms with E-state index in [0.29, 0.717) is 5.56 Å². The largest absolute Gasteiger partial charge is 0.372 e. The molecule has 1 fully saturated rings. The van der Waals surface area contributed by atoms with Gasteiger partial charge >= 0.3 is 0 Å². The van der Waals surface area contributed by atoms with Crippen molar-refractivity contribution in [2.75, 3.05) is 23.7 Å². The number of amides is 1. The second-order valence-electron chi connectivity index (χ2n) is 7.41. The van der Waals surface area contributed by atoms with Gasteiger partial charge in [0.25, 0.3) is 5.91 Å². The van der Waals surface area contributed by atoms with Gasteiger partial charge in [0.15, 0.2) is 0 Å². The molecule has 28 heavy (non-hydrogen) atoms. The summed E-state index contributed by atoms with van der Waals surface area (Å²) in [6.45, 7) is 5.66. The van der Waals surface area contributed by atoms with E-state index in [2.05, 4.69) is 15.2 Å². The van der Waals surface area contributed by atoms with Crippen LogP contribution in [-0.4, -0.2) is 41.9 Å². The molecule has 0 bridgehead atoms. The van der Waals surface area contributed by atoms with E-state index in [-0.39, 0.29) is 30.0 Å². The molecule has 4 rings (SSSR count). The first-order valence-electron chi connectivity index (χ1n) is 9.59. The van der Waals surface area contributed by atoms with Crippen molar-refractivity contribution < 1.29 is 13.9 Å². The van der Waals surface area contributed by atoms with Crippen molar-refractivity contribution in [1.29, 1.82) is 0 Å². The van der Waals surface area contributed by atoms with E-state index in [9.17, 15) is 9.18 Å². The standard InChI is InChI=1S/C21H24FN3O2S/c1-13-11-25(12-14(2)27-13)20-6-3-15(10-23-20)21(26)24-18-7-8-28-19-5-4-16(22)9-17(18)19/h3-6,9-10,13-14,18H,7-8,11-12H2,1-2H3,(H,24,26). The zero-order valence-corrected chi connectivity index (χ0v) is 16.8. The summed E-state index contributed by atoms with van der Waals surface area (Å²) >= 11 is 1.70. The predicted molar refractivity (Wildman–Crippen MR) is 108 cm³/mol. The number of hydrogen-bond acceptors (Lipinski definition) is 5. The number of halogens is 1. The van der Waals surface area contributed by atoms with E-state index in [4.69, 9.17) is 4.74 Å². The number of nitrogens with one attached hydrogen (secondary N) is 1. The molecule has 148 valence electrons. The maximum absolute atomic E-state index is 13.7. The van der Waals surface area contributed by atoms with Crippen molar-refractivity contribution in [3.05, 3.63) is 53.5 Å². The number of pyridine rings is 1. The molecular formula is C21H24FN3O2S. The van der Waals surface area contributed by atoms with E-state index in [1.165, 1.54) is 12.1 Å². The highest BCUT2D eigenvalue weighted by molar-refractivity contribution is 7.99. The van der Waals surface area contributed by atoms with Crippen LogP contribution in [0.25, 0.3) is 0 Å². The van der Waals surface area contributed by atoms with Crippen LogP contribution in [0.15, 0.2) is 41.4 Å². The molecule has 3 heterocycles. The van der Waals surface area contributed by atoms with E-state index < -0.39 is 0 Å². The van der Waals surface area contributed by atoms with E-state index in [1.54, 1.807) is 30.1 Å². The monoisotopic (exact) mass is 401 g/mol. The summed E-state index contributed by atoms with van der Waals surface area (Å²) in [6, 6.07) is 8.27. The van der Waals surface area contributed by atoms with Crippen LogP contribution in [0.3, 0.4) is 0 Å². The molecule has 1 amide bonds. The van der Waals surface area contributed by atoms with E-state index in [1.807, 2.05) is 19.9 Å². The molecule has 3 unspecified atom stereocenters. The van der Waals surface area contributed by atoms with Crippen LogP contribution in [0.5, 0.6) is 0 Å². The summed E-state index contributed by atoms with van der Waals surface area (Å²) < 4.78 is 19.4. The number of ether oxygens (including phenoxy) is 1. The van der Waals surface area contributed by atoms with Gasteiger partial charge in [0.05, 0.1) is 23.8 Å². The van der Waals surface area contributed by atoms with Crippen molar-refractivity contribution >= 4 is 23.5 Å². The van der Waals surface area contributed by atoms with Crippen LogP contribution in [0.4, 0.5) is 10.2 Å². The van der Waals surface area contributed by atoms with Crippen LogP contribution in [0.2, 0.25) is 0 Å². The first-order valence-corrected chi connectivity index (χ1v) is 10.6. The fourth-order valence-electron chi connectivity index (χ4n) is 3.83. The summed E-state index contributed by atoms with van der Waals surface area (Å²) in [5.74, 6) is 1.28. The van der Waals surface area contributed by atoms with Gasteiger partial charge < -0.3 is 15.0 Å². The van der Waals surface area contributed by atoms with Gasteiger partial charge in [-0.25, -0.2) is 9.37 Å². The number of nitrogens with zero attached hydrogens (tertiary/aromatic N) is 2. The number of benzene rings is 1. The number of thioether (sulfide) groups is 1. The second-order valence-corrected chi connectivity index (χ2v) is 8.55. The summed E-state index contributed by atoms with van der Waals surface area (Å²) in [5, 5.41) is 3.04. The Balaban J connectivity index is 1.46. The van der Waals surface area contributed by atoms with Crippen LogP contribution in [0, 0.1) is 5.82 Å². The van der Waals surface area contributed by atoms with Gasteiger partial charge in [-0.1, -0.05) is 0 Å². The van der Waals surface area contributed by atoms with Crippen LogP contribution in [0.1, 0.15) is 42.2 Å². The van der Waals surface area contributed by atoms with Gasteiger partial charge in [0.2, 0.25) is 0 Å². The highest BCUT2D eigenvalue weighted by Crippen LogP contribution is 2.36. The molecule has 2 aliphatic heterocycles. The Morgan fingerprint density at radius 3 is 2.75 bits per heavy atom. The zero-order valence-electron chi connectivity index (χ0n) is 16.0.